The fourth-order valence-electron chi connectivity index (χ4n) is 2.55. The van der Waals surface area contributed by atoms with Crippen LogP contribution in [0.15, 0.2) is 35.1 Å². The number of pyridine rings is 1. The number of sulfonamides is 1. The molecule has 9 nitrogen and oxygen atoms in total. The summed E-state index contributed by atoms with van der Waals surface area (Å²) in [5, 5.41) is 5.26. The van der Waals surface area contributed by atoms with E-state index in [0.717, 1.165) is 0 Å². The first-order valence-electron chi connectivity index (χ1n) is 8.46. The van der Waals surface area contributed by atoms with E-state index in [4.69, 9.17) is 10.5 Å². The Morgan fingerprint density at radius 1 is 1.44 bits per heavy atom. The van der Waals surface area contributed by atoms with Crippen molar-refractivity contribution in [1.29, 1.82) is 0 Å². The van der Waals surface area contributed by atoms with Gasteiger partial charge >= 0.3 is 6.03 Å². The van der Waals surface area contributed by atoms with Crippen molar-refractivity contribution in [3.63, 3.8) is 0 Å². The predicted molar refractivity (Wildman–Crippen MR) is 97.3 cm³/mol. The minimum atomic E-state index is -3.68. The first-order valence-corrected chi connectivity index (χ1v) is 9.90. The van der Waals surface area contributed by atoms with Gasteiger partial charge < -0.3 is 21.1 Å². The van der Waals surface area contributed by atoms with Crippen LogP contribution in [0.1, 0.15) is 12.8 Å². The predicted octanol–water partition coefficient (Wildman–Crippen LogP) is 0.355. The van der Waals surface area contributed by atoms with Gasteiger partial charge in [0, 0.05) is 44.4 Å². The minimum Gasteiger partial charge on any atom is -0.473 e. The van der Waals surface area contributed by atoms with Gasteiger partial charge in [-0.25, -0.2) is 22.6 Å². The molecule has 1 aromatic heterocycles. The Bertz CT molecular complexity index is 762. The summed E-state index contributed by atoms with van der Waals surface area (Å²) in [6.45, 7) is 0.568. The first kappa shape index (κ1) is 21.1. The van der Waals surface area contributed by atoms with Gasteiger partial charge in [-0.05, 0) is 18.9 Å². The van der Waals surface area contributed by atoms with Crippen molar-refractivity contribution >= 4 is 16.1 Å². The van der Waals surface area contributed by atoms with Crippen molar-refractivity contribution in [2.75, 3.05) is 33.3 Å². The zero-order chi connectivity index (χ0) is 19.9. The summed E-state index contributed by atoms with van der Waals surface area (Å²) < 4.78 is 44.5. The van der Waals surface area contributed by atoms with Crippen LogP contribution in [-0.4, -0.2) is 63.1 Å². The molecule has 0 bridgehead atoms. The first-order chi connectivity index (χ1) is 12.9. The summed E-state index contributed by atoms with van der Waals surface area (Å²) in [5.74, 6) is 0.176. The maximum Gasteiger partial charge on any atom is 0.314 e. The molecule has 1 fully saturated rings. The van der Waals surface area contributed by atoms with E-state index in [0.29, 0.717) is 32.3 Å². The number of nitrogens with one attached hydrogen (secondary N) is 2. The highest BCUT2D eigenvalue weighted by molar-refractivity contribution is 7.89. The molecule has 4 N–H and O–H groups in total. The zero-order valence-corrected chi connectivity index (χ0v) is 15.8. The third-order valence-corrected chi connectivity index (χ3v) is 6.07. The molecular formula is C16H24FN5O4S. The molecule has 0 unspecified atom stereocenters. The van der Waals surface area contributed by atoms with E-state index in [1.54, 1.807) is 0 Å². The molecule has 2 amide bonds. The molecule has 1 saturated heterocycles. The molecule has 1 aliphatic heterocycles. The van der Waals surface area contributed by atoms with Gasteiger partial charge in [-0.3, -0.25) is 0 Å². The molecule has 0 aromatic carbocycles. The number of halogens is 1. The summed E-state index contributed by atoms with van der Waals surface area (Å²) in [4.78, 5) is 15.4. The highest BCUT2D eigenvalue weighted by Gasteiger charge is 2.30. The van der Waals surface area contributed by atoms with E-state index in [2.05, 4.69) is 15.6 Å². The Balaban J connectivity index is 1.96. The average Bonchev–Trinajstić information content (AvgIpc) is 2.69. The summed E-state index contributed by atoms with van der Waals surface area (Å²) in [7, 11) is -2.15. The minimum absolute atomic E-state index is 0.0215. The zero-order valence-electron chi connectivity index (χ0n) is 15.0. The van der Waals surface area contributed by atoms with Crippen LogP contribution in [0.5, 0.6) is 5.88 Å². The Labute approximate surface area is 157 Å². The van der Waals surface area contributed by atoms with E-state index in [1.807, 2.05) is 0 Å². The van der Waals surface area contributed by atoms with Gasteiger partial charge in [0.2, 0.25) is 15.9 Å². The summed E-state index contributed by atoms with van der Waals surface area (Å²) >= 11 is 0. The molecule has 150 valence electrons. The van der Waals surface area contributed by atoms with Gasteiger partial charge in [0.15, 0.2) is 0 Å². The number of rotatable bonds is 7. The average molecular weight is 401 g/mol. The van der Waals surface area contributed by atoms with Crippen LogP contribution in [0, 0.1) is 0 Å². The Morgan fingerprint density at radius 3 is 2.67 bits per heavy atom. The molecule has 0 saturated carbocycles. The molecule has 27 heavy (non-hydrogen) atoms. The number of nitrogens with two attached hydrogens (primary N) is 1. The number of aromatic nitrogens is 1. The van der Waals surface area contributed by atoms with Crippen LogP contribution in [0.3, 0.4) is 0 Å². The summed E-state index contributed by atoms with van der Waals surface area (Å²) in [6.07, 6.45) is 2.64. The van der Waals surface area contributed by atoms with Crippen LogP contribution >= 0.6 is 0 Å². The lowest BCUT2D eigenvalue weighted by Crippen LogP contribution is -2.48. The number of urea groups is 1. The number of hydrogen-bond donors (Lipinski definition) is 3. The van der Waals surface area contributed by atoms with Gasteiger partial charge in [0.05, 0.1) is 12.5 Å². The van der Waals surface area contributed by atoms with Crippen LogP contribution in [0.25, 0.3) is 0 Å². The SMILES string of the molecule is CNC(=O)NC1CCN(S(=O)(=O)c2ccc(OC/C(=C/F)CN)nc2)CC1. The van der Waals surface area contributed by atoms with Crippen LogP contribution < -0.4 is 21.1 Å². The van der Waals surface area contributed by atoms with Crippen molar-refractivity contribution in [3.05, 3.63) is 30.2 Å². The lowest BCUT2D eigenvalue weighted by molar-refractivity contribution is 0.229. The maximum atomic E-state index is 12.7. The molecule has 0 radical (unpaired) electrons. The number of nitrogens with zero attached hydrogens (tertiary/aromatic N) is 2. The monoisotopic (exact) mass is 401 g/mol. The molecule has 2 rings (SSSR count). The highest BCUT2D eigenvalue weighted by atomic mass is 32.2. The molecule has 0 aliphatic carbocycles. The summed E-state index contributed by atoms with van der Waals surface area (Å²) in [6, 6.07) is 2.47. The van der Waals surface area contributed by atoms with Crippen molar-refractivity contribution in [2.24, 2.45) is 5.73 Å². The second-order valence-electron chi connectivity index (χ2n) is 5.99. The fourth-order valence-corrected chi connectivity index (χ4v) is 3.97. The van der Waals surface area contributed by atoms with E-state index >= 15 is 0 Å². The number of carbonyl (C=O) groups excluding carboxylic acids is 1. The smallest absolute Gasteiger partial charge is 0.314 e. The van der Waals surface area contributed by atoms with E-state index in [9.17, 15) is 17.6 Å². The highest BCUT2D eigenvalue weighted by Crippen LogP contribution is 2.21. The number of piperidine rings is 1. The topological polar surface area (TPSA) is 127 Å². The van der Waals surface area contributed by atoms with Gasteiger partial charge in [-0.1, -0.05) is 0 Å². The van der Waals surface area contributed by atoms with Crippen LogP contribution in [0.4, 0.5) is 9.18 Å². The molecular weight excluding hydrogens is 377 g/mol. The number of hydrogen-bond acceptors (Lipinski definition) is 6. The quantitative estimate of drug-likeness (QED) is 0.605. The molecule has 0 atom stereocenters. The second kappa shape index (κ2) is 9.62. The van der Waals surface area contributed by atoms with Gasteiger partial charge in [0.25, 0.3) is 0 Å². The molecule has 1 aliphatic rings. The van der Waals surface area contributed by atoms with Gasteiger partial charge in [-0.2, -0.15) is 4.31 Å². The third kappa shape index (κ3) is 5.62. The number of carbonyl (C=O) groups is 1. The molecule has 2 heterocycles. The molecule has 1 aromatic rings. The van der Waals surface area contributed by atoms with Crippen LogP contribution in [-0.2, 0) is 10.0 Å². The second-order valence-corrected chi connectivity index (χ2v) is 7.93. The van der Waals surface area contributed by atoms with E-state index in [1.165, 1.54) is 29.7 Å². The summed E-state index contributed by atoms with van der Waals surface area (Å²) in [5.41, 5.74) is 5.60. The molecule has 11 heteroatoms. The molecule has 0 spiro atoms. The Morgan fingerprint density at radius 2 is 2.15 bits per heavy atom. The van der Waals surface area contributed by atoms with Gasteiger partial charge in [-0.15, -0.1) is 0 Å². The van der Waals surface area contributed by atoms with Crippen molar-refractivity contribution in [3.8, 4) is 5.88 Å². The van der Waals surface area contributed by atoms with Crippen LogP contribution in [0.2, 0.25) is 0 Å². The number of ether oxygens (including phenoxy) is 1. The van der Waals surface area contributed by atoms with Gasteiger partial charge in [0.1, 0.15) is 11.5 Å². The Kier molecular flexibility index (Phi) is 7.51. The normalized spacial score (nSPS) is 16.8. The lowest BCUT2D eigenvalue weighted by Gasteiger charge is -2.31. The number of amides is 2. The van der Waals surface area contributed by atoms with E-state index in [-0.39, 0.29) is 41.6 Å². The third-order valence-electron chi connectivity index (χ3n) is 4.19. The Hall–Kier alpha value is -2.24. The largest absolute Gasteiger partial charge is 0.473 e. The van der Waals surface area contributed by atoms with Crippen molar-refractivity contribution < 1.29 is 22.3 Å². The van der Waals surface area contributed by atoms with Crippen molar-refractivity contribution in [2.45, 2.75) is 23.8 Å². The van der Waals surface area contributed by atoms with Crippen molar-refractivity contribution in [1.82, 2.24) is 19.9 Å². The standard InChI is InChI=1S/C16H24FN5O4S/c1-19-16(23)21-13-4-6-22(7-5-13)27(24,25)14-2-3-15(20-10-14)26-11-12(8-17)9-18/h2-3,8,10,13H,4-7,9,11,18H2,1H3,(H2,19,21,23)/b12-8+. The van der Waals surface area contributed by atoms with E-state index < -0.39 is 10.0 Å². The lowest BCUT2D eigenvalue weighted by atomic mass is 10.1. The maximum absolute atomic E-state index is 12.7. The fraction of sp³-hybridized carbons (Fsp3) is 0.500.